The highest BCUT2D eigenvalue weighted by Gasteiger charge is 1.97. The minimum absolute atomic E-state index is 1.22. The van der Waals surface area contributed by atoms with Gasteiger partial charge in [0.2, 0.25) is 0 Å². The van der Waals surface area contributed by atoms with E-state index in [1.54, 1.807) is 0 Å². The van der Waals surface area contributed by atoms with Crippen LogP contribution >= 0.6 is 0 Å². The molecule has 0 spiro atoms. The number of unbranched alkanes of at least 4 members (excludes halogenated alkanes) is 15. The Morgan fingerprint density at radius 2 is 0.909 bits per heavy atom. The van der Waals surface area contributed by atoms with Gasteiger partial charge < -0.3 is 0 Å². The first-order valence-electron chi connectivity index (χ1n) is 14.0. The van der Waals surface area contributed by atoms with E-state index >= 15 is 0 Å². The maximum atomic E-state index is 2.30. The number of rotatable bonds is 19. The zero-order valence-corrected chi connectivity index (χ0v) is 21.7. The first-order chi connectivity index (χ1) is 16.3. The zero-order chi connectivity index (χ0) is 23.4. The van der Waals surface area contributed by atoms with Crippen molar-refractivity contribution in [3.8, 4) is 0 Å². The van der Waals surface area contributed by atoms with Crippen LogP contribution in [0, 0.1) is 0 Å². The lowest BCUT2D eigenvalue weighted by atomic mass is 10.0. The normalized spacial score (nSPS) is 11.5. The van der Waals surface area contributed by atoms with Crippen LogP contribution in [0.1, 0.15) is 126 Å². The summed E-state index contributed by atoms with van der Waals surface area (Å²) >= 11 is 0. The van der Waals surface area contributed by atoms with E-state index in [0.717, 1.165) is 0 Å². The van der Waals surface area contributed by atoms with Gasteiger partial charge in [-0.05, 0) is 29.5 Å². The fraction of sp³-hybridized carbons (Fsp3) is 0.594. The molecule has 0 N–H and O–H groups in total. The molecule has 0 fully saturated rings. The van der Waals surface area contributed by atoms with Crippen molar-refractivity contribution in [1.82, 2.24) is 0 Å². The fourth-order valence-electron chi connectivity index (χ4n) is 4.49. The number of aromatic nitrogens is 1. The molecule has 1 nitrogen and oxygen atoms in total. The molecule has 33 heavy (non-hydrogen) atoms. The molecule has 1 aromatic heterocycles. The standard InChI is InChI=1S/C32H50N/c1-3-4-5-6-7-8-9-10-11-12-13-14-15-16-17-18-19-30-20-22-31(23-21-30)24-25-32-26-28-33(2)29-27-32/h20-29H,3-19H2,1-2H3/q+1/b25-24+. The van der Waals surface area contributed by atoms with Crippen molar-refractivity contribution in [2.75, 3.05) is 0 Å². The van der Waals surface area contributed by atoms with E-state index in [-0.39, 0.29) is 0 Å². The highest BCUT2D eigenvalue weighted by Crippen LogP contribution is 2.15. The van der Waals surface area contributed by atoms with E-state index in [9.17, 15) is 0 Å². The minimum atomic E-state index is 1.22. The lowest BCUT2D eigenvalue weighted by molar-refractivity contribution is -0.671. The van der Waals surface area contributed by atoms with Crippen molar-refractivity contribution in [3.63, 3.8) is 0 Å². The fourth-order valence-corrected chi connectivity index (χ4v) is 4.49. The third-order valence-electron chi connectivity index (χ3n) is 6.77. The summed E-state index contributed by atoms with van der Waals surface area (Å²) in [5.41, 5.74) is 3.99. The molecule has 0 atom stereocenters. The second-order valence-corrected chi connectivity index (χ2v) is 9.93. The summed E-state index contributed by atoms with van der Waals surface area (Å²) < 4.78 is 2.06. The molecule has 0 bridgehead atoms. The molecule has 0 amide bonds. The Balaban J connectivity index is 1.41. The smallest absolute Gasteiger partial charge is 0.169 e. The van der Waals surface area contributed by atoms with Crippen LogP contribution in [-0.4, -0.2) is 0 Å². The molecule has 2 aromatic rings. The topological polar surface area (TPSA) is 3.88 Å². The summed E-state index contributed by atoms with van der Waals surface area (Å²) in [4.78, 5) is 0. The number of nitrogens with zero attached hydrogens (tertiary/aromatic N) is 1. The van der Waals surface area contributed by atoms with Crippen molar-refractivity contribution in [1.29, 1.82) is 0 Å². The van der Waals surface area contributed by atoms with E-state index in [2.05, 4.69) is 72.4 Å². The van der Waals surface area contributed by atoms with E-state index < -0.39 is 0 Å². The summed E-state index contributed by atoms with van der Waals surface area (Å²) in [5, 5.41) is 0. The van der Waals surface area contributed by atoms with Crippen LogP contribution in [0.25, 0.3) is 12.2 Å². The summed E-state index contributed by atoms with van der Waals surface area (Å²) in [6.45, 7) is 2.30. The molecule has 0 aliphatic carbocycles. The summed E-state index contributed by atoms with van der Waals surface area (Å²) in [7, 11) is 2.05. The molecule has 1 heterocycles. The van der Waals surface area contributed by atoms with Crippen LogP contribution in [0.4, 0.5) is 0 Å². The molecule has 1 aromatic carbocycles. The van der Waals surface area contributed by atoms with Gasteiger partial charge in [0.15, 0.2) is 12.4 Å². The van der Waals surface area contributed by atoms with Crippen molar-refractivity contribution in [3.05, 3.63) is 65.5 Å². The van der Waals surface area contributed by atoms with Crippen molar-refractivity contribution < 1.29 is 4.57 Å². The third-order valence-corrected chi connectivity index (χ3v) is 6.77. The van der Waals surface area contributed by atoms with Crippen LogP contribution in [-0.2, 0) is 13.5 Å². The summed E-state index contributed by atoms with van der Waals surface area (Å²) in [6, 6.07) is 13.4. The quantitative estimate of drug-likeness (QED) is 0.149. The van der Waals surface area contributed by atoms with Gasteiger partial charge in [0.25, 0.3) is 0 Å². The van der Waals surface area contributed by atoms with Gasteiger partial charge in [-0.15, -0.1) is 0 Å². The van der Waals surface area contributed by atoms with Gasteiger partial charge in [0.1, 0.15) is 7.05 Å². The van der Waals surface area contributed by atoms with Gasteiger partial charge in [0.05, 0.1) is 0 Å². The molecule has 2 rings (SSSR count). The maximum absolute atomic E-state index is 2.30. The second-order valence-electron chi connectivity index (χ2n) is 9.93. The van der Waals surface area contributed by atoms with Crippen LogP contribution in [0.15, 0.2) is 48.8 Å². The molecular weight excluding hydrogens is 398 g/mol. The number of hydrogen-bond donors (Lipinski definition) is 0. The largest absolute Gasteiger partial charge is 0.208 e. The molecule has 0 saturated carbocycles. The van der Waals surface area contributed by atoms with Gasteiger partial charge >= 0.3 is 0 Å². The van der Waals surface area contributed by atoms with E-state index in [1.165, 1.54) is 126 Å². The summed E-state index contributed by atoms with van der Waals surface area (Å²) in [5.74, 6) is 0. The number of pyridine rings is 1. The third kappa shape index (κ3) is 14.1. The molecule has 0 aliphatic rings. The predicted octanol–water partition coefficient (Wildman–Crippen LogP) is 9.49. The number of benzene rings is 1. The Kier molecular flexibility index (Phi) is 15.4. The molecule has 182 valence electrons. The monoisotopic (exact) mass is 448 g/mol. The summed E-state index contributed by atoms with van der Waals surface area (Å²) in [6.07, 6.45) is 32.7. The van der Waals surface area contributed by atoms with Crippen LogP contribution in [0.2, 0.25) is 0 Å². The lowest BCUT2D eigenvalue weighted by Gasteiger charge is -2.04. The van der Waals surface area contributed by atoms with Gasteiger partial charge in [-0.2, -0.15) is 0 Å². The maximum Gasteiger partial charge on any atom is 0.169 e. The molecule has 0 radical (unpaired) electrons. The number of hydrogen-bond acceptors (Lipinski definition) is 0. The lowest BCUT2D eigenvalue weighted by Crippen LogP contribution is -2.25. The molecule has 0 aliphatic heterocycles. The predicted molar refractivity (Wildman–Crippen MR) is 146 cm³/mol. The van der Waals surface area contributed by atoms with Crippen LogP contribution < -0.4 is 4.57 Å². The van der Waals surface area contributed by atoms with Crippen LogP contribution in [0.3, 0.4) is 0 Å². The molecular formula is C32H50N+. The van der Waals surface area contributed by atoms with Crippen molar-refractivity contribution in [2.45, 2.75) is 116 Å². The average molecular weight is 449 g/mol. The average Bonchev–Trinajstić information content (AvgIpc) is 2.84. The first kappa shape index (κ1) is 27.4. The minimum Gasteiger partial charge on any atom is -0.208 e. The second kappa shape index (κ2) is 18.5. The Morgan fingerprint density at radius 1 is 0.515 bits per heavy atom. The number of aryl methyl sites for hydroxylation is 2. The van der Waals surface area contributed by atoms with E-state index in [4.69, 9.17) is 0 Å². The highest BCUT2D eigenvalue weighted by molar-refractivity contribution is 5.69. The Hall–Kier alpha value is -1.89. The van der Waals surface area contributed by atoms with Crippen LogP contribution in [0.5, 0.6) is 0 Å². The Bertz CT molecular complexity index is 726. The molecule has 0 unspecified atom stereocenters. The first-order valence-corrected chi connectivity index (χ1v) is 14.0. The highest BCUT2D eigenvalue weighted by atomic mass is 14.9. The Labute approximate surface area is 205 Å². The van der Waals surface area contributed by atoms with Gasteiger partial charge in [-0.1, -0.05) is 140 Å². The SMILES string of the molecule is CCCCCCCCCCCCCCCCCCc1ccc(/C=C/c2cc[n+](C)cc2)cc1. The van der Waals surface area contributed by atoms with E-state index in [0.29, 0.717) is 0 Å². The Morgan fingerprint density at radius 3 is 1.36 bits per heavy atom. The zero-order valence-electron chi connectivity index (χ0n) is 21.7. The van der Waals surface area contributed by atoms with Crippen molar-refractivity contribution in [2.24, 2.45) is 7.05 Å². The van der Waals surface area contributed by atoms with Gasteiger partial charge in [-0.3, -0.25) is 0 Å². The van der Waals surface area contributed by atoms with Gasteiger partial charge in [0, 0.05) is 12.1 Å². The van der Waals surface area contributed by atoms with Gasteiger partial charge in [-0.25, -0.2) is 4.57 Å². The van der Waals surface area contributed by atoms with E-state index in [1.807, 2.05) is 7.05 Å². The molecule has 1 heteroatoms. The van der Waals surface area contributed by atoms with Crippen molar-refractivity contribution >= 4 is 12.2 Å². The molecule has 0 saturated heterocycles.